The number of hydrogen-bond acceptors (Lipinski definition) is 12. The number of morpholine rings is 1. The molecule has 0 amide bonds. The summed E-state index contributed by atoms with van der Waals surface area (Å²) in [5, 5.41) is 10.6. The number of pyridine rings is 1. The zero-order chi connectivity index (χ0) is 38.4. The summed E-state index contributed by atoms with van der Waals surface area (Å²) in [5.41, 5.74) is 0.548. The standard InChI is InChI=1S/C35H37Cl2F2N3O10S2/c36-27-19-41(45)20-28(37)26(27)18-30(23-6-7-29(52-35(38)39)31(17-23)50-21-22-4-5-22)51-34(44)32-42(11-15-53-32)54(46,47)25-3-1-2-24(16-25)33(43)49-14-10-40-8-12-48-13-9-40/h1-3,6-7,16-17,19-20,22,30,32,35H,4-5,8-15,18,21H2. The Morgan fingerprint density at radius 2 is 1.78 bits per heavy atom. The SMILES string of the molecule is O=C(OCCN1CCOCC1)c1cccc(S(=O)(=O)N2CCSC2C(=O)OC(Cc2c(Cl)c[n+]([O-])cc2Cl)c2ccc(OC(F)F)c(OCC3CC3)c2)c1. The average Bonchev–Trinajstić information content (AvgIpc) is 3.83. The van der Waals surface area contributed by atoms with Gasteiger partial charge in [-0.1, -0.05) is 35.3 Å². The molecule has 2 aliphatic heterocycles. The van der Waals surface area contributed by atoms with Gasteiger partial charge in [0.15, 0.2) is 29.3 Å². The first-order chi connectivity index (χ1) is 25.9. The molecule has 19 heteroatoms. The monoisotopic (exact) mass is 831 g/mol. The number of esters is 2. The number of aromatic nitrogens is 1. The topological polar surface area (TPSA) is 148 Å². The minimum atomic E-state index is -4.34. The van der Waals surface area contributed by atoms with Crippen LogP contribution in [0.25, 0.3) is 0 Å². The lowest BCUT2D eigenvalue weighted by Crippen LogP contribution is -2.40. The highest BCUT2D eigenvalue weighted by Gasteiger charge is 2.42. The van der Waals surface area contributed by atoms with Crippen LogP contribution in [0.15, 0.2) is 59.8 Å². The van der Waals surface area contributed by atoms with Gasteiger partial charge in [0.05, 0.1) is 30.3 Å². The van der Waals surface area contributed by atoms with Crippen molar-refractivity contribution in [2.75, 3.05) is 58.4 Å². The van der Waals surface area contributed by atoms with E-state index in [9.17, 15) is 32.0 Å². The molecule has 1 aliphatic carbocycles. The zero-order valence-corrected chi connectivity index (χ0v) is 31.9. The molecule has 1 saturated carbocycles. The van der Waals surface area contributed by atoms with Crippen LogP contribution in [-0.2, 0) is 35.4 Å². The second-order valence-corrected chi connectivity index (χ2v) is 16.6. The van der Waals surface area contributed by atoms with Crippen molar-refractivity contribution in [3.05, 3.63) is 86.8 Å². The number of alkyl halides is 2. The van der Waals surface area contributed by atoms with Crippen molar-refractivity contribution in [3.8, 4) is 11.5 Å². The number of sulfonamides is 1. The number of rotatable bonds is 16. The van der Waals surface area contributed by atoms with E-state index in [1.807, 2.05) is 0 Å². The smallest absolute Gasteiger partial charge is 0.387 e. The Balaban J connectivity index is 1.22. The van der Waals surface area contributed by atoms with E-state index in [0.717, 1.165) is 54.4 Å². The quantitative estimate of drug-likeness (QED) is 0.108. The van der Waals surface area contributed by atoms with Crippen LogP contribution in [-0.4, -0.2) is 99.9 Å². The van der Waals surface area contributed by atoms with Gasteiger partial charge in [0.2, 0.25) is 10.0 Å². The lowest BCUT2D eigenvalue weighted by molar-refractivity contribution is -0.605. The van der Waals surface area contributed by atoms with Crippen molar-refractivity contribution in [2.24, 2.45) is 5.92 Å². The zero-order valence-electron chi connectivity index (χ0n) is 28.7. The summed E-state index contributed by atoms with van der Waals surface area (Å²) in [7, 11) is -4.34. The lowest BCUT2D eigenvalue weighted by atomic mass is 10.0. The van der Waals surface area contributed by atoms with Crippen LogP contribution >= 0.6 is 35.0 Å². The van der Waals surface area contributed by atoms with Gasteiger partial charge >= 0.3 is 18.6 Å². The molecule has 3 aromatic rings. The Morgan fingerprint density at radius 1 is 1.04 bits per heavy atom. The minimum absolute atomic E-state index is 0.0117. The maximum absolute atomic E-state index is 14.0. The van der Waals surface area contributed by atoms with Gasteiger partial charge in [0, 0.05) is 43.9 Å². The average molecular weight is 833 g/mol. The first-order valence-electron chi connectivity index (χ1n) is 17.1. The van der Waals surface area contributed by atoms with Crippen molar-refractivity contribution >= 4 is 56.9 Å². The van der Waals surface area contributed by atoms with Crippen molar-refractivity contribution < 1.29 is 55.2 Å². The van der Waals surface area contributed by atoms with Crippen LogP contribution in [0.2, 0.25) is 10.0 Å². The summed E-state index contributed by atoms with van der Waals surface area (Å²) >= 11 is 13.8. The molecule has 2 aromatic carbocycles. The highest BCUT2D eigenvalue weighted by atomic mass is 35.5. The number of thioether (sulfide) groups is 1. The van der Waals surface area contributed by atoms with E-state index in [-0.39, 0.29) is 81.0 Å². The number of halogens is 4. The third kappa shape index (κ3) is 10.2. The Bertz CT molecular complexity index is 1910. The fourth-order valence-corrected chi connectivity index (χ4v) is 9.53. The Hall–Kier alpha value is -3.45. The highest BCUT2D eigenvalue weighted by molar-refractivity contribution is 8.02. The molecular formula is C35H37Cl2F2N3O10S2. The van der Waals surface area contributed by atoms with Crippen LogP contribution in [0.1, 0.15) is 40.4 Å². The minimum Gasteiger partial charge on any atom is -0.619 e. The molecular weight excluding hydrogens is 795 g/mol. The third-order valence-electron chi connectivity index (χ3n) is 8.90. The van der Waals surface area contributed by atoms with E-state index < -0.39 is 40.1 Å². The maximum atomic E-state index is 14.0. The molecule has 1 aromatic heterocycles. The summed E-state index contributed by atoms with van der Waals surface area (Å²) in [6, 6.07) is 9.45. The molecule has 3 aliphatic rings. The number of carbonyl (C=O) groups excluding carboxylic acids is 2. The number of ether oxygens (including phenoxy) is 5. The molecule has 0 N–H and O–H groups in total. The summed E-state index contributed by atoms with van der Waals surface area (Å²) in [5.74, 6) is -1.34. The van der Waals surface area contributed by atoms with Gasteiger partial charge in [-0.25, -0.2) is 18.0 Å². The van der Waals surface area contributed by atoms with Crippen molar-refractivity contribution in [1.82, 2.24) is 9.21 Å². The Morgan fingerprint density at radius 3 is 2.48 bits per heavy atom. The van der Waals surface area contributed by atoms with Gasteiger partial charge in [-0.15, -0.1) is 11.8 Å². The number of nitrogens with zero attached hydrogens (tertiary/aromatic N) is 3. The fraction of sp³-hybridized carbons (Fsp3) is 0.457. The molecule has 0 bridgehead atoms. The van der Waals surface area contributed by atoms with Crippen molar-refractivity contribution in [3.63, 3.8) is 0 Å². The molecule has 3 heterocycles. The molecule has 292 valence electrons. The van der Waals surface area contributed by atoms with E-state index >= 15 is 0 Å². The van der Waals surface area contributed by atoms with Gasteiger partial charge in [-0.05, 0) is 54.7 Å². The van der Waals surface area contributed by atoms with E-state index in [0.29, 0.717) is 24.5 Å². The van der Waals surface area contributed by atoms with E-state index in [4.69, 9.17) is 42.1 Å². The lowest BCUT2D eigenvalue weighted by Gasteiger charge is -2.26. The highest BCUT2D eigenvalue weighted by Crippen LogP contribution is 2.39. The summed E-state index contributed by atoms with van der Waals surface area (Å²) < 4.78 is 83.1. The van der Waals surface area contributed by atoms with Gasteiger partial charge in [0.1, 0.15) is 22.8 Å². The largest absolute Gasteiger partial charge is 0.619 e. The number of benzene rings is 2. The molecule has 2 unspecified atom stereocenters. The molecule has 0 spiro atoms. The molecule has 2 saturated heterocycles. The fourth-order valence-electron chi connectivity index (χ4n) is 5.84. The Labute approximate surface area is 325 Å². The summed E-state index contributed by atoms with van der Waals surface area (Å²) in [4.78, 5) is 28.7. The first kappa shape index (κ1) is 40.2. The Kier molecular flexibility index (Phi) is 13.4. The van der Waals surface area contributed by atoms with Crippen LogP contribution < -0.4 is 14.2 Å². The molecule has 13 nitrogen and oxygen atoms in total. The predicted molar refractivity (Wildman–Crippen MR) is 193 cm³/mol. The van der Waals surface area contributed by atoms with Gasteiger partial charge in [0.25, 0.3) is 0 Å². The van der Waals surface area contributed by atoms with Gasteiger partial charge < -0.3 is 28.9 Å². The van der Waals surface area contributed by atoms with Crippen LogP contribution in [0.3, 0.4) is 0 Å². The van der Waals surface area contributed by atoms with Gasteiger partial charge in [-0.3, -0.25) is 4.90 Å². The molecule has 6 rings (SSSR count). The second-order valence-electron chi connectivity index (χ2n) is 12.7. The number of hydrogen-bond donors (Lipinski definition) is 0. The van der Waals surface area contributed by atoms with Crippen LogP contribution in [0.5, 0.6) is 11.5 Å². The van der Waals surface area contributed by atoms with Crippen LogP contribution in [0, 0.1) is 11.1 Å². The summed E-state index contributed by atoms with van der Waals surface area (Å²) in [6.07, 6.45) is 2.61. The van der Waals surface area contributed by atoms with E-state index in [1.165, 1.54) is 42.5 Å². The second kappa shape index (κ2) is 18.0. The molecule has 2 atom stereocenters. The third-order valence-corrected chi connectivity index (χ3v) is 12.7. The van der Waals surface area contributed by atoms with E-state index in [2.05, 4.69) is 9.64 Å². The molecule has 54 heavy (non-hydrogen) atoms. The first-order valence-corrected chi connectivity index (χ1v) is 20.3. The summed E-state index contributed by atoms with van der Waals surface area (Å²) in [6.45, 7) is 0.335. The van der Waals surface area contributed by atoms with Gasteiger partial charge in [-0.2, -0.15) is 17.8 Å². The van der Waals surface area contributed by atoms with E-state index in [1.54, 1.807) is 0 Å². The van der Waals surface area contributed by atoms with Crippen molar-refractivity contribution in [2.45, 2.75) is 42.2 Å². The molecule has 3 fully saturated rings. The normalized spacial score (nSPS) is 18.7. The number of carbonyl (C=O) groups is 2. The maximum Gasteiger partial charge on any atom is 0.387 e. The van der Waals surface area contributed by atoms with Crippen LogP contribution in [0.4, 0.5) is 8.78 Å². The molecule has 0 radical (unpaired) electrons. The predicted octanol–water partition coefficient (Wildman–Crippen LogP) is 5.10. The van der Waals surface area contributed by atoms with Crippen molar-refractivity contribution in [1.29, 1.82) is 0 Å².